The van der Waals surface area contributed by atoms with Crippen LogP contribution < -0.4 is 5.73 Å². The van der Waals surface area contributed by atoms with Gasteiger partial charge in [-0.25, -0.2) is 0 Å². The molecule has 1 aromatic heterocycles. The van der Waals surface area contributed by atoms with Crippen molar-refractivity contribution in [1.82, 2.24) is 4.98 Å². The van der Waals surface area contributed by atoms with Gasteiger partial charge in [0.15, 0.2) is 0 Å². The third-order valence-electron chi connectivity index (χ3n) is 4.43. The molecule has 3 N–H and O–H groups in total. The number of nitrogens with two attached hydrogens (primary N) is 1. The van der Waals surface area contributed by atoms with Crippen molar-refractivity contribution in [2.45, 2.75) is 32.2 Å². The zero-order chi connectivity index (χ0) is 16.2. The van der Waals surface area contributed by atoms with Gasteiger partial charge in [-0.2, -0.15) is 0 Å². The monoisotopic (exact) mass is 342 g/mol. The van der Waals surface area contributed by atoms with Gasteiger partial charge in [-0.1, -0.05) is 42.5 Å². The second-order valence-electron chi connectivity index (χ2n) is 6.06. The predicted octanol–water partition coefficient (Wildman–Crippen LogP) is 3.97. The zero-order valence-electron chi connectivity index (χ0n) is 13.8. The van der Waals surface area contributed by atoms with Crippen LogP contribution in [0.4, 0.5) is 0 Å². The summed E-state index contributed by atoms with van der Waals surface area (Å²) in [5.74, 6) is 0.124. The van der Waals surface area contributed by atoms with Gasteiger partial charge in [-0.15, -0.1) is 12.4 Å². The van der Waals surface area contributed by atoms with Crippen LogP contribution >= 0.6 is 12.4 Å². The normalized spacial score (nSPS) is 11.9. The standard InChI is InChI=1S/C20H22N2O.ClH/c1-14-6-2-3-7-15(14)10-11-20(23)18(21)12-16-13-22-19-9-5-4-8-17(16)19;/h2-9,13,18,22H,10-12,21H2,1H3;1H. The molecule has 0 saturated carbocycles. The van der Waals surface area contributed by atoms with Crippen LogP contribution in [0.3, 0.4) is 0 Å². The summed E-state index contributed by atoms with van der Waals surface area (Å²) in [6, 6.07) is 15.8. The molecule has 24 heavy (non-hydrogen) atoms. The third-order valence-corrected chi connectivity index (χ3v) is 4.43. The molecule has 3 aromatic rings. The van der Waals surface area contributed by atoms with E-state index in [0.29, 0.717) is 12.8 Å². The topological polar surface area (TPSA) is 58.9 Å². The van der Waals surface area contributed by atoms with E-state index in [9.17, 15) is 4.79 Å². The van der Waals surface area contributed by atoms with E-state index in [2.05, 4.69) is 30.1 Å². The fourth-order valence-electron chi connectivity index (χ4n) is 2.99. The van der Waals surface area contributed by atoms with Gasteiger partial charge in [0.05, 0.1) is 6.04 Å². The minimum Gasteiger partial charge on any atom is -0.361 e. The van der Waals surface area contributed by atoms with Crippen molar-refractivity contribution in [3.05, 3.63) is 71.4 Å². The second-order valence-corrected chi connectivity index (χ2v) is 6.06. The number of hydrogen-bond acceptors (Lipinski definition) is 2. The molecular formula is C20H23ClN2O. The summed E-state index contributed by atoms with van der Waals surface area (Å²) in [6.45, 7) is 2.08. The molecule has 1 atom stereocenters. The van der Waals surface area contributed by atoms with Crippen molar-refractivity contribution < 1.29 is 4.79 Å². The Bertz CT molecular complexity index is 825. The highest BCUT2D eigenvalue weighted by Crippen LogP contribution is 2.19. The molecule has 0 bridgehead atoms. The summed E-state index contributed by atoms with van der Waals surface area (Å²) in [5, 5.41) is 1.15. The molecule has 1 heterocycles. The Balaban J connectivity index is 0.00000208. The van der Waals surface area contributed by atoms with Gasteiger partial charge in [0.25, 0.3) is 0 Å². The van der Waals surface area contributed by atoms with Crippen LogP contribution in [0, 0.1) is 6.92 Å². The number of rotatable bonds is 6. The molecule has 0 saturated heterocycles. The average molecular weight is 343 g/mol. The summed E-state index contributed by atoms with van der Waals surface area (Å²) in [7, 11) is 0. The SMILES string of the molecule is Cc1ccccc1CCC(=O)C(N)Cc1c[nH]c2ccccc12.Cl. The lowest BCUT2D eigenvalue weighted by Gasteiger charge is -2.11. The molecule has 0 amide bonds. The quantitative estimate of drug-likeness (QED) is 0.712. The van der Waals surface area contributed by atoms with E-state index >= 15 is 0 Å². The lowest BCUT2D eigenvalue weighted by molar-refractivity contribution is -0.120. The van der Waals surface area contributed by atoms with Gasteiger partial charge in [0.2, 0.25) is 0 Å². The molecule has 0 aliphatic rings. The second kappa shape index (κ2) is 8.13. The number of aromatic nitrogens is 1. The lowest BCUT2D eigenvalue weighted by Crippen LogP contribution is -2.32. The molecule has 0 aliphatic carbocycles. The molecule has 1 unspecified atom stereocenters. The molecule has 0 spiro atoms. The summed E-state index contributed by atoms with van der Waals surface area (Å²) >= 11 is 0. The van der Waals surface area contributed by atoms with Crippen molar-refractivity contribution in [1.29, 1.82) is 0 Å². The van der Waals surface area contributed by atoms with Gasteiger partial charge in [0.1, 0.15) is 5.78 Å². The van der Waals surface area contributed by atoms with Crippen LogP contribution in [0.1, 0.15) is 23.1 Å². The molecule has 0 radical (unpaired) electrons. The smallest absolute Gasteiger partial charge is 0.150 e. The number of benzene rings is 2. The Morgan fingerprint density at radius 2 is 1.79 bits per heavy atom. The lowest BCUT2D eigenvalue weighted by atomic mass is 9.97. The van der Waals surface area contributed by atoms with Crippen LogP contribution in [0.25, 0.3) is 10.9 Å². The Labute approximate surface area is 148 Å². The average Bonchev–Trinajstić information content (AvgIpc) is 2.97. The fraction of sp³-hybridized carbons (Fsp3) is 0.250. The first-order valence-corrected chi connectivity index (χ1v) is 8.03. The maximum absolute atomic E-state index is 12.4. The number of para-hydroxylation sites is 1. The Hall–Kier alpha value is -2.10. The van der Waals surface area contributed by atoms with Crippen LogP contribution in [0.5, 0.6) is 0 Å². The predicted molar refractivity (Wildman–Crippen MR) is 102 cm³/mol. The molecule has 0 aliphatic heterocycles. The maximum Gasteiger partial charge on any atom is 0.150 e. The molecule has 126 valence electrons. The van der Waals surface area contributed by atoms with E-state index in [1.54, 1.807) is 0 Å². The van der Waals surface area contributed by atoms with Crippen LogP contribution in [-0.4, -0.2) is 16.8 Å². The highest BCUT2D eigenvalue weighted by atomic mass is 35.5. The van der Waals surface area contributed by atoms with Gasteiger partial charge in [-0.05, 0) is 42.5 Å². The summed E-state index contributed by atoms with van der Waals surface area (Å²) in [4.78, 5) is 15.6. The number of ketones is 1. The number of carbonyl (C=O) groups is 1. The number of aryl methyl sites for hydroxylation is 2. The number of fused-ring (bicyclic) bond motifs is 1. The van der Waals surface area contributed by atoms with Crippen LogP contribution in [0.15, 0.2) is 54.7 Å². The number of carbonyl (C=O) groups excluding carboxylic acids is 1. The highest BCUT2D eigenvalue weighted by Gasteiger charge is 2.16. The third kappa shape index (κ3) is 4.05. The van der Waals surface area contributed by atoms with Gasteiger partial charge >= 0.3 is 0 Å². The fourth-order valence-corrected chi connectivity index (χ4v) is 2.99. The number of hydrogen-bond donors (Lipinski definition) is 2. The highest BCUT2D eigenvalue weighted by molar-refractivity contribution is 5.87. The molecule has 2 aromatic carbocycles. The number of H-pyrrole nitrogens is 1. The summed E-state index contributed by atoms with van der Waals surface area (Å²) in [6.07, 6.45) is 3.79. The van der Waals surface area contributed by atoms with Crippen molar-refractivity contribution in [2.24, 2.45) is 5.73 Å². The minimum atomic E-state index is -0.446. The first-order valence-electron chi connectivity index (χ1n) is 8.03. The summed E-state index contributed by atoms with van der Waals surface area (Å²) in [5.41, 5.74) is 10.8. The molecule has 4 heteroatoms. The van der Waals surface area contributed by atoms with E-state index in [4.69, 9.17) is 5.73 Å². The van der Waals surface area contributed by atoms with E-state index in [0.717, 1.165) is 22.9 Å². The van der Waals surface area contributed by atoms with Gasteiger partial charge in [0, 0.05) is 23.5 Å². The van der Waals surface area contributed by atoms with Gasteiger partial charge < -0.3 is 10.7 Å². The number of halogens is 1. The molecule has 0 fully saturated rings. The van der Waals surface area contributed by atoms with E-state index in [1.807, 2.05) is 36.5 Å². The number of Topliss-reactive ketones (excluding diaryl/α,β-unsaturated/α-hetero) is 1. The maximum atomic E-state index is 12.4. The van der Waals surface area contributed by atoms with E-state index < -0.39 is 6.04 Å². The van der Waals surface area contributed by atoms with Crippen molar-refractivity contribution in [3.63, 3.8) is 0 Å². The van der Waals surface area contributed by atoms with Crippen LogP contribution in [-0.2, 0) is 17.6 Å². The zero-order valence-corrected chi connectivity index (χ0v) is 14.6. The van der Waals surface area contributed by atoms with Crippen molar-refractivity contribution >= 4 is 29.1 Å². The largest absolute Gasteiger partial charge is 0.361 e. The molecule has 3 nitrogen and oxygen atoms in total. The number of nitrogens with one attached hydrogen (secondary N) is 1. The van der Waals surface area contributed by atoms with E-state index in [-0.39, 0.29) is 18.2 Å². The Morgan fingerprint density at radius 3 is 2.58 bits per heavy atom. The Morgan fingerprint density at radius 1 is 1.08 bits per heavy atom. The molecular weight excluding hydrogens is 320 g/mol. The van der Waals surface area contributed by atoms with Crippen molar-refractivity contribution in [2.75, 3.05) is 0 Å². The first kappa shape index (κ1) is 18.2. The number of aromatic amines is 1. The van der Waals surface area contributed by atoms with E-state index in [1.165, 1.54) is 11.1 Å². The van der Waals surface area contributed by atoms with Crippen molar-refractivity contribution in [3.8, 4) is 0 Å². The Kier molecular flexibility index (Phi) is 6.18. The van der Waals surface area contributed by atoms with Gasteiger partial charge in [-0.3, -0.25) is 4.79 Å². The first-order chi connectivity index (χ1) is 11.1. The van der Waals surface area contributed by atoms with Crippen LogP contribution in [0.2, 0.25) is 0 Å². The summed E-state index contributed by atoms with van der Waals surface area (Å²) < 4.78 is 0. The minimum absolute atomic E-state index is 0. The molecule has 3 rings (SSSR count).